The molecule has 3 nitrogen and oxygen atoms in total. The van der Waals surface area contributed by atoms with Crippen LogP contribution in [0, 0.1) is 0 Å². The predicted octanol–water partition coefficient (Wildman–Crippen LogP) is 3.68. The van der Waals surface area contributed by atoms with Gasteiger partial charge in [0, 0.05) is 11.6 Å². The fourth-order valence-corrected chi connectivity index (χ4v) is 1.41. The Morgan fingerprint density at radius 3 is 2.60 bits per heavy atom. The summed E-state index contributed by atoms with van der Waals surface area (Å²) in [5, 5.41) is 0. The maximum absolute atomic E-state index is 12.6. The normalized spacial score (nSPS) is 11.7. The highest BCUT2D eigenvalue weighted by atomic mass is 19.4. The van der Waals surface area contributed by atoms with Gasteiger partial charge in [0.05, 0.1) is 19.3 Å². The number of alkyl halides is 3. The van der Waals surface area contributed by atoms with E-state index in [1.54, 1.807) is 0 Å². The van der Waals surface area contributed by atoms with Crippen LogP contribution in [0.25, 0.3) is 6.08 Å². The monoisotopic (exact) mass is 288 g/mol. The molecule has 0 bridgehead atoms. The van der Waals surface area contributed by atoms with Gasteiger partial charge < -0.3 is 9.47 Å². The summed E-state index contributed by atoms with van der Waals surface area (Å²) in [5.41, 5.74) is -0.407. The summed E-state index contributed by atoms with van der Waals surface area (Å²) in [6, 6.07) is 3.12. The summed E-state index contributed by atoms with van der Waals surface area (Å²) in [5.74, 6) is -0.506. The van der Waals surface area contributed by atoms with Crippen molar-refractivity contribution in [1.29, 1.82) is 0 Å². The van der Waals surface area contributed by atoms with Gasteiger partial charge in [-0.25, -0.2) is 4.79 Å². The van der Waals surface area contributed by atoms with Gasteiger partial charge in [0.1, 0.15) is 5.75 Å². The van der Waals surface area contributed by atoms with Crippen LogP contribution < -0.4 is 4.74 Å². The summed E-state index contributed by atoms with van der Waals surface area (Å²) in [6.45, 7) is 2.14. The molecule has 0 aliphatic rings. The summed E-state index contributed by atoms with van der Waals surface area (Å²) in [6.07, 6.45) is -1.29. The van der Waals surface area contributed by atoms with Crippen LogP contribution in [0.2, 0.25) is 0 Å². The van der Waals surface area contributed by atoms with Gasteiger partial charge in [-0.1, -0.05) is 13.0 Å². The van der Waals surface area contributed by atoms with Crippen molar-refractivity contribution in [3.05, 3.63) is 35.4 Å². The van der Waals surface area contributed by atoms with Crippen molar-refractivity contribution in [3.8, 4) is 5.75 Å². The maximum atomic E-state index is 12.6. The second kappa shape index (κ2) is 6.98. The lowest BCUT2D eigenvalue weighted by Gasteiger charge is -2.12. The molecule has 0 amide bonds. The van der Waals surface area contributed by atoms with Gasteiger partial charge in [-0.2, -0.15) is 13.2 Å². The molecule has 0 aliphatic carbocycles. The number of ether oxygens (including phenoxy) is 2. The summed E-state index contributed by atoms with van der Waals surface area (Å²) < 4.78 is 47.6. The second-order valence-corrected chi connectivity index (χ2v) is 3.96. The van der Waals surface area contributed by atoms with Crippen LogP contribution >= 0.6 is 0 Å². The van der Waals surface area contributed by atoms with Crippen molar-refractivity contribution >= 4 is 12.0 Å². The van der Waals surface area contributed by atoms with E-state index in [2.05, 4.69) is 4.74 Å². The van der Waals surface area contributed by atoms with Gasteiger partial charge in [0.2, 0.25) is 0 Å². The Hall–Kier alpha value is -1.98. The van der Waals surface area contributed by atoms with Crippen molar-refractivity contribution < 1.29 is 27.4 Å². The van der Waals surface area contributed by atoms with E-state index < -0.39 is 17.7 Å². The molecule has 0 aromatic heterocycles. The number of esters is 1. The van der Waals surface area contributed by atoms with E-state index in [0.717, 1.165) is 18.2 Å². The van der Waals surface area contributed by atoms with Crippen LogP contribution in [0.5, 0.6) is 5.75 Å². The highest BCUT2D eigenvalue weighted by Crippen LogP contribution is 2.33. The topological polar surface area (TPSA) is 35.5 Å². The molecule has 6 heteroatoms. The maximum Gasteiger partial charge on any atom is 0.416 e. The number of benzene rings is 1. The minimum atomic E-state index is -4.44. The lowest BCUT2D eigenvalue weighted by Crippen LogP contribution is -2.06. The Balaban J connectivity index is 3.09. The third-order valence-corrected chi connectivity index (χ3v) is 2.40. The average Bonchev–Trinajstić information content (AvgIpc) is 2.41. The smallest absolute Gasteiger partial charge is 0.416 e. The molecule has 0 aliphatic heterocycles. The number of carbonyl (C=O) groups is 1. The molecule has 0 N–H and O–H groups in total. The van der Waals surface area contributed by atoms with Gasteiger partial charge in [-0.05, 0) is 24.6 Å². The van der Waals surface area contributed by atoms with E-state index in [0.29, 0.717) is 18.6 Å². The molecule has 0 saturated heterocycles. The van der Waals surface area contributed by atoms with Gasteiger partial charge in [0.15, 0.2) is 0 Å². The first-order valence-electron chi connectivity index (χ1n) is 5.98. The molecule has 0 spiro atoms. The minimum absolute atomic E-state index is 0.0850. The first kappa shape index (κ1) is 16.1. The van der Waals surface area contributed by atoms with Crippen molar-refractivity contribution in [3.63, 3.8) is 0 Å². The predicted molar refractivity (Wildman–Crippen MR) is 68.3 cm³/mol. The number of halogens is 3. The minimum Gasteiger partial charge on any atom is -0.493 e. The zero-order valence-corrected chi connectivity index (χ0v) is 11.2. The van der Waals surface area contributed by atoms with Gasteiger partial charge in [-0.3, -0.25) is 0 Å². The Kier molecular flexibility index (Phi) is 5.61. The van der Waals surface area contributed by atoms with E-state index in [4.69, 9.17) is 4.74 Å². The molecular formula is C14H15F3O3. The first-order chi connectivity index (χ1) is 9.38. The molecule has 1 aromatic rings. The van der Waals surface area contributed by atoms with E-state index >= 15 is 0 Å². The molecule has 0 heterocycles. The Morgan fingerprint density at radius 1 is 1.35 bits per heavy atom. The standard InChI is InChI=1S/C14H15F3O3/c1-3-8-20-12-9-11(14(15,16)17)6-4-10(12)5-7-13(18)19-2/h4-7,9H,3,8H2,1-2H3/b7-5+. The highest BCUT2D eigenvalue weighted by molar-refractivity contribution is 5.87. The molecule has 0 saturated carbocycles. The number of carbonyl (C=O) groups excluding carboxylic acids is 1. The number of methoxy groups -OCH3 is 1. The molecule has 0 atom stereocenters. The zero-order valence-electron chi connectivity index (χ0n) is 11.2. The van der Waals surface area contributed by atoms with Crippen molar-refractivity contribution in [2.45, 2.75) is 19.5 Å². The van der Waals surface area contributed by atoms with Crippen molar-refractivity contribution in [2.24, 2.45) is 0 Å². The fraction of sp³-hybridized carbons (Fsp3) is 0.357. The van der Waals surface area contributed by atoms with Gasteiger partial charge >= 0.3 is 12.1 Å². The summed E-state index contributed by atoms with van der Waals surface area (Å²) in [4.78, 5) is 11.0. The third-order valence-electron chi connectivity index (χ3n) is 2.40. The number of rotatable bonds is 5. The third kappa shape index (κ3) is 4.60. The van der Waals surface area contributed by atoms with Crippen LogP contribution in [0.3, 0.4) is 0 Å². The quantitative estimate of drug-likeness (QED) is 0.612. The molecule has 1 rings (SSSR count). The fourth-order valence-electron chi connectivity index (χ4n) is 1.41. The molecule has 0 unspecified atom stereocenters. The Morgan fingerprint density at radius 2 is 2.05 bits per heavy atom. The van der Waals surface area contributed by atoms with E-state index in [-0.39, 0.29) is 5.75 Å². The molecule has 1 aromatic carbocycles. The summed E-state index contributed by atoms with van der Waals surface area (Å²) >= 11 is 0. The van der Waals surface area contributed by atoms with Gasteiger partial charge in [0.25, 0.3) is 0 Å². The van der Waals surface area contributed by atoms with Crippen molar-refractivity contribution in [1.82, 2.24) is 0 Å². The van der Waals surface area contributed by atoms with E-state index in [9.17, 15) is 18.0 Å². The molecule has 20 heavy (non-hydrogen) atoms. The van der Waals surface area contributed by atoms with Crippen LogP contribution in [0.4, 0.5) is 13.2 Å². The molecule has 110 valence electrons. The average molecular weight is 288 g/mol. The lowest BCUT2D eigenvalue weighted by atomic mass is 10.1. The summed E-state index contributed by atoms with van der Waals surface area (Å²) in [7, 11) is 1.22. The van der Waals surface area contributed by atoms with Crippen LogP contribution in [-0.4, -0.2) is 19.7 Å². The molecule has 0 fully saturated rings. The van der Waals surface area contributed by atoms with E-state index in [1.165, 1.54) is 19.3 Å². The van der Waals surface area contributed by atoms with Gasteiger partial charge in [-0.15, -0.1) is 0 Å². The molecular weight excluding hydrogens is 273 g/mol. The van der Waals surface area contributed by atoms with Crippen LogP contribution in [0.15, 0.2) is 24.3 Å². The van der Waals surface area contributed by atoms with Crippen LogP contribution in [0.1, 0.15) is 24.5 Å². The Bertz CT molecular complexity index is 493. The molecule has 0 radical (unpaired) electrons. The highest BCUT2D eigenvalue weighted by Gasteiger charge is 2.31. The zero-order chi connectivity index (χ0) is 15.2. The van der Waals surface area contributed by atoms with Crippen molar-refractivity contribution in [2.75, 3.05) is 13.7 Å². The Labute approximate surface area is 115 Å². The van der Waals surface area contributed by atoms with Crippen LogP contribution in [-0.2, 0) is 15.7 Å². The lowest BCUT2D eigenvalue weighted by molar-refractivity contribution is -0.138. The second-order valence-electron chi connectivity index (χ2n) is 3.96. The van der Waals surface area contributed by atoms with E-state index in [1.807, 2.05) is 6.92 Å². The SMILES string of the molecule is CCCOc1cc(C(F)(F)F)ccc1/C=C/C(=O)OC. The first-order valence-corrected chi connectivity index (χ1v) is 5.98. The number of hydrogen-bond acceptors (Lipinski definition) is 3. The largest absolute Gasteiger partial charge is 0.493 e. The number of hydrogen-bond donors (Lipinski definition) is 0.